The number of rotatable bonds is 6. The first-order valence-electron chi connectivity index (χ1n) is 8.70. The molecule has 0 spiro atoms. The van der Waals surface area contributed by atoms with E-state index in [1.165, 1.54) is 17.7 Å². The van der Waals surface area contributed by atoms with Crippen molar-refractivity contribution in [3.05, 3.63) is 59.9 Å². The van der Waals surface area contributed by atoms with Crippen molar-refractivity contribution in [1.82, 2.24) is 4.90 Å². The van der Waals surface area contributed by atoms with Gasteiger partial charge in [-0.3, -0.25) is 4.90 Å². The third-order valence-corrected chi connectivity index (χ3v) is 4.50. The van der Waals surface area contributed by atoms with Crippen molar-refractivity contribution in [3.8, 4) is 5.75 Å². The van der Waals surface area contributed by atoms with Crippen molar-refractivity contribution >= 4 is 5.69 Å². The molecule has 4 nitrogen and oxygen atoms in total. The normalized spacial score (nSPS) is 16.7. The van der Waals surface area contributed by atoms with Crippen LogP contribution < -0.4 is 9.64 Å². The lowest BCUT2D eigenvalue weighted by molar-refractivity contribution is 0.0663. The molecule has 1 N–H and O–H groups in total. The largest absolute Gasteiger partial charge is 0.491 e. The zero-order chi connectivity index (χ0) is 17.6. The van der Waals surface area contributed by atoms with E-state index in [0.717, 1.165) is 37.6 Å². The maximum absolute atomic E-state index is 13.0. The fraction of sp³-hybridized carbons (Fsp3) is 0.400. The minimum atomic E-state index is -0.515. The minimum absolute atomic E-state index is 0.209. The molecule has 0 radical (unpaired) electrons. The molecule has 2 aromatic rings. The zero-order valence-electron chi connectivity index (χ0n) is 14.6. The highest BCUT2D eigenvalue weighted by Crippen LogP contribution is 2.17. The van der Waals surface area contributed by atoms with Gasteiger partial charge in [0.1, 0.15) is 24.3 Å². The summed E-state index contributed by atoms with van der Waals surface area (Å²) in [5, 5.41) is 10.2. The molecule has 3 rings (SSSR count). The molecule has 1 aliphatic heterocycles. The smallest absolute Gasteiger partial charge is 0.123 e. The molecule has 0 amide bonds. The van der Waals surface area contributed by atoms with Gasteiger partial charge in [-0.25, -0.2) is 4.39 Å². The number of anilines is 1. The molecule has 0 aliphatic carbocycles. The first-order chi connectivity index (χ1) is 12.1. The van der Waals surface area contributed by atoms with Crippen LogP contribution in [0.2, 0.25) is 0 Å². The molecule has 1 fully saturated rings. The number of halogens is 1. The number of hydrogen-bond donors (Lipinski definition) is 1. The summed E-state index contributed by atoms with van der Waals surface area (Å²) in [4.78, 5) is 4.48. The molecule has 0 saturated carbocycles. The van der Waals surface area contributed by atoms with Crippen LogP contribution in [0.1, 0.15) is 5.56 Å². The second-order valence-corrected chi connectivity index (χ2v) is 6.54. The number of piperazine rings is 1. The zero-order valence-corrected chi connectivity index (χ0v) is 14.6. The second kappa shape index (κ2) is 8.32. The predicted octanol–water partition coefficient (Wildman–Crippen LogP) is 2.70. The Hall–Kier alpha value is -2.11. The number of ether oxygens (including phenoxy) is 1. The summed E-state index contributed by atoms with van der Waals surface area (Å²) in [6.45, 7) is 6.42. The quantitative estimate of drug-likeness (QED) is 0.874. The maximum atomic E-state index is 13.0. The Balaban J connectivity index is 1.40. The number of nitrogens with zero attached hydrogens (tertiary/aromatic N) is 2. The number of aryl methyl sites for hydroxylation is 1. The first-order valence-corrected chi connectivity index (χ1v) is 8.70. The molecular formula is C20H25FN2O2. The van der Waals surface area contributed by atoms with Crippen molar-refractivity contribution in [1.29, 1.82) is 0 Å². The van der Waals surface area contributed by atoms with Crippen molar-refractivity contribution in [2.45, 2.75) is 13.0 Å². The average Bonchev–Trinajstić information content (AvgIpc) is 2.63. The van der Waals surface area contributed by atoms with Gasteiger partial charge in [0.2, 0.25) is 0 Å². The SMILES string of the molecule is Cc1ccc(OCC(O)CN2CCN(c3ccc(F)cc3)CC2)cc1. The topological polar surface area (TPSA) is 35.9 Å². The van der Waals surface area contributed by atoms with Gasteiger partial charge in [-0.2, -0.15) is 0 Å². The number of hydrogen-bond acceptors (Lipinski definition) is 4. The fourth-order valence-electron chi connectivity index (χ4n) is 3.02. The van der Waals surface area contributed by atoms with E-state index in [4.69, 9.17) is 4.74 Å². The van der Waals surface area contributed by atoms with Gasteiger partial charge < -0.3 is 14.7 Å². The van der Waals surface area contributed by atoms with Gasteiger partial charge in [0, 0.05) is 38.4 Å². The van der Waals surface area contributed by atoms with E-state index in [1.807, 2.05) is 43.3 Å². The lowest BCUT2D eigenvalue weighted by Crippen LogP contribution is -2.49. The van der Waals surface area contributed by atoms with Crippen LogP contribution in [-0.2, 0) is 0 Å². The number of aliphatic hydroxyl groups is 1. The Bertz CT molecular complexity index is 652. The van der Waals surface area contributed by atoms with Crippen LogP contribution in [0.25, 0.3) is 0 Å². The molecule has 1 heterocycles. The molecule has 5 heteroatoms. The van der Waals surface area contributed by atoms with Crippen molar-refractivity contribution in [2.75, 3.05) is 44.2 Å². The molecule has 1 unspecified atom stereocenters. The van der Waals surface area contributed by atoms with Gasteiger partial charge in [-0.05, 0) is 43.3 Å². The number of benzene rings is 2. The van der Waals surface area contributed by atoms with E-state index in [1.54, 1.807) is 0 Å². The number of β-amino-alcohol motifs (C(OH)–C–C–N with tert-alkyl or cyclic N) is 1. The highest BCUT2D eigenvalue weighted by Gasteiger charge is 2.19. The summed E-state index contributed by atoms with van der Waals surface area (Å²) in [6, 6.07) is 14.5. The van der Waals surface area contributed by atoms with Crippen molar-refractivity contribution in [3.63, 3.8) is 0 Å². The molecule has 0 aromatic heterocycles. The van der Waals surface area contributed by atoms with Crippen molar-refractivity contribution < 1.29 is 14.2 Å². The fourth-order valence-corrected chi connectivity index (χ4v) is 3.02. The lowest BCUT2D eigenvalue weighted by atomic mass is 10.2. The number of aliphatic hydroxyl groups excluding tert-OH is 1. The second-order valence-electron chi connectivity index (χ2n) is 6.54. The summed E-state index contributed by atoms with van der Waals surface area (Å²) < 4.78 is 18.7. The van der Waals surface area contributed by atoms with E-state index in [-0.39, 0.29) is 5.82 Å². The Kier molecular flexibility index (Phi) is 5.89. The Morgan fingerprint density at radius 1 is 1.00 bits per heavy atom. The third kappa shape index (κ3) is 5.18. The maximum Gasteiger partial charge on any atom is 0.123 e. The Morgan fingerprint density at radius 3 is 2.28 bits per heavy atom. The summed E-state index contributed by atoms with van der Waals surface area (Å²) in [6.07, 6.45) is -0.515. The predicted molar refractivity (Wildman–Crippen MR) is 97.7 cm³/mol. The summed E-state index contributed by atoms with van der Waals surface area (Å²) in [5.41, 5.74) is 2.23. The van der Waals surface area contributed by atoms with Crippen LogP contribution in [-0.4, -0.2) is 55.4 Å². The highest BCUT2D eigenvalue weighted by molar-refractivity contribution is 5.46. The van der Waals surface area contributed by atoms with Gasteiger partial charge in [0.25, 0.3) is 0 Å². The highest BCUT2D eigenvalue weighted by atomic mass is 19.1. The van der Waals surface area contributed by atoms with E-state index >= 15 is 0 Å². The molecule has 25 heavy (non-hydrogen) atoms. The van der Waals surface area contributed by atoms with Crippen LogP contribution in [0.4, 0.5) is 10.1 Å². The summed E-state index contributed by atoms with van der Waals surface area (Å²) in [5.74, 6) is 0.574. The van der Waals surface area contributed by atoms with Gasteiger partial charge >= 0.3 is 0 Å². The molecule has 2 aromatic carbocycles. The van der Waals surface area contributed by atoms with E-state index in [9.17, 15) is 9.50 Å². The average molecular weight is 344 g/mol. The molecule has 0 bridgehead atoms. The summed E-state index contributed by atoms with van der Waals surface area (Å²) >= 11 is 0. The van der Waals surface area contributed by atoms with Gasteiger partial charge in [0.15, 0.2) is 0 Å². The van der Waals surface area contributed by atoms with Crippen LogP contribution in [0, 0.1) is 12.7 Å². The lowest BCUT2D eigenvalue weighted by Gasteiger charge is -2.36. The van der Waals surface area contributed by atoms with E-state index in [0.29, 0.717) is 13.2 Å². The third-order valence-electron chi connectivity index (χ3n) is 4.50. The monoisotopic (exact) mass is 344 g/mol. The first kappa shape index (κ1) is 17.7. The van der Waals surface area contributed by atoms with Crippen LogP contribution in [0.5, 0.6) is 5.75 Å². The summed E-state index contributed by atoms with van der Waals surface area (Å²) in [7, 11) is 0. The molecule has 134 valence electrons. The van der Waals surface area contributed by atoms with Gasteiger partial charge in [0.05, 0.1) is 0 Å². The van der Waals surface area contributed by atoms with Gasteiger partial charge in [-0.1, -0.05) is 17.7 Å². The minimum Gasteiger partial charge on any atom is -0.491 e. The van der Waals surface area contributed by atoms with Crippen LogP contribution >= 0.6 is 0 Å². The van der Waals surface area contributed by atoms with E-state index in [2.05, 4.69) is 9.80 Å². The Labute approximate surface area is 148 Å². The van der Waals surface area contributed by atoms with Crippen LogP contribution in [0.3, 0.4) is 0 Å². The molecule has 1 aliphatic rings. The molecule has 1 atom stereocenters. The Morgan fingerprint density at radius 2 is 1.64 bits per heavy atom. The van der Waals surface area contributed by atoms with Crippen molar-refractivity contribution in [2.24, 2.45) is 0 Å². The molecular weight excluding hydrogens is 319 g/mol. The standard InChI is InChI=1S/C20H25FN2O2/c1-16-2-8-20(9-3-16)25-15-19(24)14-22-10-12-23(13-11-22)18-6-4-17(21)5-7-18/h2-9,19,24H,10-15H2,1H3. The van der Waals surface area contributed by atoms with Crippen LogP contribution in [0.15, 0.2) is 48.5 Å². The molecule has 1 saturated heterocycles. The van der Waals surface area contributed by atoms with Gasteiger partial charge in [-0.15, -0.1) is 0 Å². The van der Waals surface area contributed by atoms with E-state index < -0.39 is 6.10 Å².